The topological polar surface area (TPSA) is 252 Å². The van der Waals surface area contributed by atoms with Crippen molar-refractivity contribution in [2.24, 2.45) is 0 Å². The van der Waals surface area contributed by atoms with Crippen LogP contribution in [0.3, 0.4) is 0 Å². The van der Waals surface area contributed by atoms with E-state index in [1.165, 1.54) is 156 Å². The minimum Gasteiger partial charge on any atom is -0.357 e. The molecule has 1 rings (SSSR count). The van der Waals surface area contributed by atoms with Gasteiger partial charge in [0.1, 0.15) is 34.9 Å². The maximum Gasteiger partial charge on any atom is 0.393 e. The third-order valence-electron chi connectivity index (χ3n) is 22.0. The van der Waals surface area contributed by atoms with Gasteiger partial charge < -0.3 is 113 Å². The monoisotopic (exact) mass is 2200 g/mol. The molecule has 0 amide bonds. The van der Waals surface area contributed by atoms with E-state index in [2.05, 4.69) is 225 Å². The lowest BCUT2D eigenvalue weighted by molar-refractivity contribution is 0.235. The summed E-state index contributed by atoms with van der Waals surface area (Å²) in [7, 11) is 16.9. The van der Waals surface area contributed by atoms with Gasteiger partial charge in [0.2, 0.25) is 0 Å². The molecule has 0 heterocycles. The van der Waals surface area contributed by atoms with Crippen LogP contribution in [0.5, 0.6) is 0 Å². The molecule has 0 saturated heterocycles. The molecule has 0 saturated carbocycles. The highest BCUT2D eigenvalue weighted by molar-refractivity contribution is 8.62. The van der Waals surface area contributed by atoms with Crippen molar-refractivity contribution in [1.82, 2.24) is 58.8 Å². The molecule has 30 nitrogen and oxygen atoms in total. The third kappa shape index (κ3) is 37.8. The van der Waals surface area contributed by atoms with E-state index in [4.69, 9.17) is 54.3 Å². The normalized spacial score (nSPS) is 12.1. The number of hydrogen-bond acceptors (Lipinski definition) is 42. The van der Waals surface area contributed by atoms with Gasteiger partial charge in [0.15, 0.2) is 0 Å². The molecule has 0 bridgehead atoms. The quantitative estimate of drug-likeness (QED) is 0.0549. The van der Waals surface area contributed by atoms with E-state index in [9.17, 15) is 0 Å². The number of hydrogen-bond donors (Lipinski definition) is 0. The maximum atomic E-state index is 15.7. The summed E-state index contributed by atoms with van der Waals surface area (Å²) in [5.41, 5.74) is 5.13. The Balaban J connectivity index is 7.32. The van der Waals surface area contributed by atoms with Crippen LogP contribution in [0.25, 0.3) is 0 Å². The number of thioether (sulfide) groups is 6. The van der Waals surface area contributed by atoms with Crippen LogP contribution < -0.4 is 0 Å². The van der Waals surface area contributed by atoms with Crippen LogP contribution in [-0.2, 0) is 116 Å². The maximum absolute atomic E-state index is 15.7. The van der Waals surface area contributed by atoms with Crippen LogP contribution in [0.15, 0.2) is 60.3 Å². The lowest BCUT2D eigenvalue weighted by Gasteiger charge is -2.37. The summed E-state index contributed by atoms with van der Waals surface area (Å²) in [4.78, 5) is 27.5. The van der Waals surface area contributed by atoms with Crippen molar-refractivity contribution in [1.29, 1.82) is 0 Å². The van der Waals surface area contributed by atoms with E-state index in [1.807, 2.05) is 0 Å². The van der Waals surface area contributed by atoms with Crippen molar-refractivity contribution in [3.05, 3.63) is 93.7 Å². The van der Waals surface area contributed by atoms with Gasteiger partial charge in [-0.15, -0.1) is 70.6 Å². The molecule has 0 N–H and O–H groups in total. The Bertz CT molecular complexity index is 3240. The van der Waals surface area contributed by atoms with Crippen LogP contribution in [0, 0.1) is 0 Å². The first-order chi connectivity index (χ1) is 63.0. The average Bonchev–Trinajstić information content (AvgIpc) is 0.751. The third-order valence-corrected chi connectivity index (χ3v) is 54.6. The van der Waals surface area contributed by atoms with Crippen LogP contribution >= 0.6 is 180 Å². The molecule has 0 unspecified atom stereocenters. The van der Waals surface area contributed by atoms with E-state index in [0.717, 1.165) is 137 Å². The highest BCUT2D eigenvalue weighted by Crippen LogP contribution is 2.71. The Kier molecular flexibility index (Phi) is 67.8. The minimum atomic E-state index is -4.05. The zero-order valence-corrected chi connectivity index (χ0v) is 102. The number of rotatable bonds is 78. The van der Waals surface area contributed by atoms with E-state index in [1.54, 1.807) is 0 Å². The van der Waals surface area contributed by atoms with Gasteiger partial charge in [0.05, 0.1) is 25.4 Å². The molecule has 1 aromatic rings. The predicted molar refractivity (Wildman–Crippen MR) is 587 cm³/mol. The fourth-order valence-electron chi connectivity index (χ4n) is 14.3. The van der Waals surface area contributed by atoms with Crippen LogP contribution in [-0.4, -0.2) is 301 Å². The molecule has 0 fully saturated rings. The molecule has 0 aromatic heterocycles. The molecule has 774 valence electrons. The first kappa shape index (κ1) is 130. The molecule has 0 aliphatic rings. The van der Waals surface area contributed by atoms with Crippen LogP contribution in [0.2, 0.25) is 0 Å². The van der Waals surface area contributed by atoms with Crippen molar-refractivity contribution < 1.29 is 81.7 Å². The molecule has 48 heteroatoms. The highest BCUT2D eigenvalue weighted by Gasteiger charge is 2.41. The highest BCUT2D eigenvalue weighted by atomic mass is 32.8. The van der Waals surface area contributed by atoms with Crippen molar-refractivity contribution in [2.75, 3.05) is 242 Å². The largest absolute Gasteiger partial charge is 0.393 e. The van der Waals surface area contributed by atoms with Crippen molar-refractivity contribution in [3.8, 4) is 0 Å². The van der Waals surface area contributed by atoms with Crippen molar-refractivity contribution in [3.63, 3.8) is 0 Å². The molecule has 132 heavy (non-hydrogen) atoms. The SMILES string of the molecule is CCN(CC)C(=C(SCc1c(CSC(SP(=O)(OC)OC)=C(N(CC)CC)N(CC)CC)c(CSC(SP(=O)(OC)OC)=C(N(CC)CC)N(CC)CC)c(CSC(SP(=O)(OC)OC)=C(N(CC)CC)N(CC)CC)c(CSC(SP(=O)(OC)OC)=C(N(CC)CC)N(CC)CC)c1CSC(SP(=O)(OC)OC)=C(N(CC)CC)N(CC)CC)SP(=O)(OC)OC)N(CC)CC. The Morgan fingerprint density at radius 3 is 0.303 bits per heavy atom. The minimum absolute atomic E-state index is 0.157. The summed E-state index contributed by atoms with van der Waals surface area (Å²) in [5, 5.41) is 0. The summed E-state index contributed by atoms with van der Waals surface area (Å²) < 4.78 is 170. The molecule has 1 aromatic carbocycles. The molecule has 0 radical (unpaired) electrons. The summed E-state index contributed by atoms with van der Waals surface area (Å²) in [5.74, 6) is 5.94. The molecular formula is C84H168N12O18P6S12. The second-order valence-electron chi connectivity index (χ2n) is 27.8. The molecular weight excluding hydrogens is 2040 g/mol. The van der Waals surface area contributed by atoms with Gasteiger partial charge in [-0.2, -0.15) is 0 Å². The Hall–Kier alpha value is 0.360. The molecule has 0 atom stereocenters. The summed E-state index contributed by atoms with van der Waals surface area (Å²) in [6.07, 6.45) is 0. The first-order valence-electron chi connectivity index (χ1n) is 45.8. The van der Waals surface area contributed by atoms with Gasteiger partial charge >= 0.3 is 40.8 Å². The second-order valence-corrected chi connectivity index (χ2v) is 59.9. The van der Waals surface area contributed by atoms with Crippen LogP contribution in [0.4, 0.5) is 0 Å². The standard InChI is InChI=1S/C84H168N12O18P6S12/c1-37-85(38-2)73(86(39-3)40-4)79(127-115(97,103-25)104-26)121-61-67-68(62-122-80(128-116(98,105-27)106-28)74(87(41-5)42-6)88(43-7)44-8)70(64-124-82(130-118(100,109-31)110-32)76(91(49-13)50-14)92(51-15)52-16)72(66-126-84(132-120(102,113-35)114-36)78(95(57-21)58-22)96(59-23)60-24)71(65-125-83(131-119(101,111-33)112-34)77(93(53-17)54-18)94(55-19)56-20)69(67)63-123-81(129-117(99,107-29)108-30)75(89(45-9)46-10)90(47-11)48-12/h37-66H2,1-36H3. The van der Waals surface area contributed by atoms with Gasteiger partial charge in [0.25, 0.3) is 0 Å². The number of benzene rings is 1. The Labute approximate surface area is 849 Å². The first-order valence-corrected chi connectivity index (χ1v) is 69.5. The fraction of sp³-hybridized carbons (Fsp3) is 0.786. The molecule has 0 aliphatic carbocycles. The van der Waals surface area contributed by atoms with E-state index < -0.39 is 40.8 Å². The fourth-order valence-corrected chi connectivity index (χ4v) is 43.3. The summed E-state index contributed by atoms with van der Waals surface area (Å²) >= 11 is 15.6. The van der Waals surface area contributed by atoms with Crippen molar-refractivity contribution >= 4 is 180 Å². The number of nitrogens with zero attached hydrogens (tertiary/aromatic N) is 12. The van der Waals surface area contributed by atoms with Gasteiger partial charge in [-0.1, -0.05) is 0 Å². The van der Waals surface area contributed by atoms with Gasteiger partial charge in [-0.05, 0) is 200 Å². The van der Waals surface area contributed by atoms with E-state index >= 15 is 27.4 Å². The Morgan fingerprint density at radius 2 is 0.242 bits per heavy atom. The molecule has 0 aliphatic heterocycles. The average molecular weight is 2200 g/mol. The second kappa shape index (κ2) is 68.6. The van der Waals surface area contributed by atoms with E-state index in [-0.39, 0.29) is 34.5 Å². The zero-order valence-electron chi connectivity index (χ0n) is 86.5. The van der Waals surface area contributed by atoms with Gasteiger partial charge in [0, 0.05) is 345 Å². The van der Waals surface area contributed by atoms with E-state index in [0.29, 0.717) is 182 Å². The van der Waals surface area contributed by atoms with Crippen molar-refractivity contribution in [2.45, 2.75) is 201 Å². The van der Waals surface area contributed by atoms with Gasteiger partial charge in [-0.3, -0.25) is 0 Å². The zero-order chi connectivity index (χ0) is 101. The molecule has 0 spiro atoms. The Morgan fingerprint density at radius 1 is 0.167 bits per heavy atom. The lowest BCUT2D eigenvalue weighted by atomic mass is 9.90. The smallest absolute Gasteiger partial charge is 0.357 e. The van der Waals surface area contributed by atoms with Gasteiger partial charge in [-0.25, -0.2) is 27.4 Å². The predicted octanol–water partition coefficient (Wildman–Crippen LogP) is 26.8. The lowest BCUT2D eigenvalue weighted by Crippen LogP contribution is -2.36. The summed E-state index contributed by atoms with van der Waals surface area (Å²) in [6.45, 7) is 40.4. The summed E-state index contributed by atoms with van der Waals surface area (Å²) in [6, 6.07) is 0. The van der Waals surface area contributed by atoms with Crippen LogP contribution in [0.1, 0.15) is 200 Å².